The van der Waals surface area contributed by atoms with Gasteiger partial charge in [0.05, 0.1) is 28.9 Å². The number of nitrogens with one attached hydrogen (secondary N) is 1. The van der Waals surface area contributed by atoms with Crippen molar-refractivity contribution in [1.82, 2.24) is 19.9 Å². The van der Waals surface area contributed by atoms with Crippen LogP contribution in [-0.4, -0.2) is 52.5 Å². The molecule has 29 heavy (non-hydrogen) atoms. The minimum absolute atomic E-state index is 0.0359. The summed E-state index contributed by atoms with van der Waals surface area (Å²) in [6.07, 6.45) is 3.31. The summed E-state index contributed by atoms with van der Waals surface area (Å²) in [7, 11) is -3.36. The van der Waals surface area contributed by atoms with Crippen molar-refractivity contribution in [3.63, 3.8) is 0 Å². The van der Waals surface area contributed by atoms with Crippen molar-refractivity contribution in [3.05, 3.63) is 47.5 Å². The van der Waals surface area contributed by atoms with Crippen molar-refractivity contribution in [3.8, 4) is 0 Å². The van der Waals surface area contributed by atoms with Crippen LogP contribution in [0.15, 0.2) is 30.6 Å². The molecule has 0 aliphatic carbocycles. The van der Waals surface area contributed by atoms with Crippen molar-refractivity contribution in [2.75, 3.05) is 18.4 Å². The van der Waals surface area contributed by atoms with Crippen LogP contribution < -0.4 is 5.32 Å². The van der Waals surface area contributed by atoms with Gasteiger partial charge in [-0.3, -0.25) is 9.78 Å². The Hall–Kier alpha value is -2.55. The van der Waals surface area contributed by atoms with E-state index in [4.69, 9.17) is 0 Å². The summed E-state index contributed by atoms with van der Waals surface area (Å²) in [5.41, 5.74) is 1.66. The number of hydrogen-bond donors (Lipinski definition) is 1. The number of nitrogens with zero attached hydrogens (tertiary/aromatic N) is 4. The second kappa shape index (κ2) is 7.05. The largest absolute Gasteiger partial charge is 0.349 e. The Labute approximate surface area is 170 Å². The highest BCUT2D eigenvalue weighted by atomic mass is 32.2. The Kier molecular flexibility index (Phi) is 4.80. The standard InChI is InChI=1S/C20H25N5O3S/c1-20(2,3)18(26)25-10-15-16(11-25)29(27,28)12-13-8-22-19(24-17(13)15)23-9-14-6-4-5-7-21-14/h4-8,15-16H,9-12H2,1-3H3,(H,22,23,24)/t15-,16+/m1/s1. The number of hydrogen-bond acceptors (Lipinski definition) is 7. The Bertz CT molecular complexity index is 1030. The van der Waals surface area contributed by atoms with Crippen molar-refractivity contribution >= 4 is 21.7 Å². The highest BCUT2D eigenvalue weighted by Crippen LogP contribution is 2.40. The zero-order valence-electron chi connectivity index (χ0n) is 16.8. The van der Waals surface area contributed by atoms with Gasteiger partial charge in [0.2, 0.25) is 11.9 Å². The molecule has 2 aliphatic heterocycles. The van der Waals surface area contributed by atoms with Crippen molar-refractivity contribution in [1.29, 1.82) is 0 Å². The van der Waals surface area contributed by atoms with Crippen LogP contribution in [0.25, 0.3) is 0 Å². The van der Waals surface area contributed by atoms with E-state index in [1.165, 1.54) is 0 Å². The van der Waals surface area contributed by atoms with Gasteiger partial charge in [-0.2, -0.15) is 0 Å². The predicted molar refractivity (Wildman–Crippen MR) is 109 cm³/mol. The molecule has 1 N–H and O–H groups in total. The number of likely N-dealkylation sites (tertiary alicyclic amines) is 1. The molecule has 0 spiro atoms. The molecule has 4 heterocycles. The van der Waals surface area contributed by atoms with E-state index in [9.17, 15) is 13.2 Å². The molecular formula is C20H25N5O3S. The number of carbonyl (C=O) groups is 1. The summed E-state index contributed by atoms with van der Waals surface area (Å²) in [6.45, 7) is 6.61. The molecule has 154 valence electrons. The molecule has 1 amide bonds. The molecule has 2 aromatic rings. The molecule has 1 fully saturated rings. The molecule has 0 aromatic carbocycles. The molecule has 2 aromatic heterocycles. The number of anilines is 1. The third-order valence-corrected chi connectivity index (χ3v) is 7.53. The molecular weight excluding hydrogens is 390 g/mol. The van der Waals surface area contributed by atoms with Gasteiger partial charge in [0, 0.05) is 42.4 Å². The molecule has 8 nitrogen and oxygen atoms in total. The number of sulfone groups is 1. The van der Waals surface area contributed by atoms with E-state index in [1.807, 2.05) is 39.0 Å². The number of amides is 1. The third kappa shape index (κ3) is 3.83. The monoisotopic (exact) mass is 415 g/mol. The van der Waals surface area contributed by atoms with Crippen LogP contribution in [0.1, 0.15) is 43.6 Å². The fraction of sp³-hybridized carbons (Fsp3) is 0.500. The summed E-state index contributed by atoms with van der Waals surface area (Å²) in [5, 5.41) is 2.54. The first-order valence-electron chi connectivity index (χ1n) is 9.66. The Balaban J connectivity index is 1.61. The maximum Gasteiger partial charge on any atom is 0.228 e. The summed E-state index contributed by atoms with van der Waals surface area (Å²) in [4.78, 5) is 27.6. The normalized spacial score (nSPS) is 22.7. The maximum atomic E-state index is 12.8. The highest BCUT2D eigenvalue weighted by molar-refractivity contribution is 7.91. The first-order chi connectivity index (χ1) is 13.6. The van der Waals surface area contributed by atoms with E-state index in [-0.39, 0.29) is 24.1 Å². The second-order valence-electron chi connectivity index (χ2n) is 8.69. The lowest BCUT2D eigenvalue weighted by molar-refractivity contribution is -0.138. The first-order valence-corrected chi connectivity index (χ1v) is 11.4. The van der Waals surface area contributed by atoms with Gasteiger partial charge < -0.3 is 10.2 Å². The van der Waals surface area contributed by atoms with E-state index < -0.39 is 20.5 Å². The molecule has 1 saturated heterocycles. The fourth-order valence-electron chi connectivity index (χ4n) is 3.97. The van der Waals surface area contributed by atoms with E-state index >= 15 is 0 Å². The van der Waals surface area contributed by atoms with E-state index in [1.54, 1.807) is 17.3 Å². The van der Waals surface area contributed by atoms with Gasteiger partial charge in [-0.25, -0.2) is 18.4 Å². The molecule has 0 saturated carbocycles. The molecule has 0 unspecified atom stereocenters. The topological polar surface area (TPSA) is 105 Å². The second-order valence-corrected chi connectivity index (χ2v) is 10.9. The van der Waals surface area contributed by atoms with Gasteiger partial charge in [-0.05, 0) is 12.1 Å². The number of aromatic nitrogens is 3. The number of carbonyl (C=O) groups excluding carboxylic acids is 1. The van der Waals surface area contributed by atoms with Crippen molar-refractivity contribution in [2.24, 2.45) is 5.41 Å². The minimum Gasteiger partial charge on any atom is -0.349 e. The Morgan fingerprint density at radius 3 is 2.72 bits per heavy atom. The minimum atomic E-state index is -3.36. The van der Waals surface area contributed by atoms with Crippen LogP contribution in [0.2, 0.25) is 0 Å². The van der Waals surface area contributed by atoms with Crippen LogP contribution in [-0.2, 0) is 26.9 Å². The van der Waals surface area contributed by atoms with Gasteiger partial charge in [-0.15, -0.1) is 0 Å². The SMILES string of the molecule is CC(C)(C)C(=O)N1C[C@H]2c3nc(NCc4ccccn4)ncc3CS(=O)(=O)[C@H]2C1. The van der Waals surface area contributed by atoms with Crippen LogP contribution in [0.3, 0.4) is 0 Å². The average Bonchev–Trinajstić information content (AvgIpc) is 3.13. The maximum absolute atomic E-state index is 12.8. The smallest absolute Gasteiger partial charge is 0.228 e. The molecule has 9 heteroatoms. The van der Waals surface area contributed by atoms with Crippen LogP contribution in [0.4, 0.5) is 5.95 Å². The van der Waals surface area contributed by atoms with Gasteiger partial charge in [-0.1, -0.05) is 26.8 Å². The summed E-state index contributed by atoms with van der Waals surface area (Å²) >= 11 is 0. The molecule has 0 bridgehead atoms. The summed E-state index contributed by atoms with van der Waals surface area (Å²) < 4.78 is 25.6. The van der Waals surface area contributed by atoms with E-state index in [0.717, 1.165) is 11.4 Å². The van der Waals surface area contributed by atoms with Crippen LogP contribution >= 0.6 is 0 Å². The van der Waals surface area contributed by atoms with E-state index in [2.05, 4.69) is 20.3 Å². The van der Waals surface area contributed by atoms with Crippen molar-refractivity contribution in [2.45, 2.75) is 44.2 Å². The molecule has 2 atom stereocenters. The number of fused-ring (bicyclic) bond motifs is 3. The highest BCUT2D eigenvalue weighted by Gasteiger charge is 2.49. The van der Waals surface area contributed by atoms with Gasteiger partial charge in [0.1, 0.15) is 0 Å². The third-order valence-electron chi connectivity index (χ3n) is 5.42. The summed E-state index contributed by atoms with van der Waals surface area (Å²) in [5.74, 6) is -0.00520. The summed E-state index contributed by atoms with van der Waals surface area (Å²) in [6, 6.07) is 5.66. The molecule has 0 radical (unpaired) electrons. The lowest BCUT2D eigenvalue weighted by Gasteiger charge is -2.26. The Morgan fingerprint density at radius 2 is 2.03 bits per heavy atom. The van der Waals surface area contributed by atoms with Crippen LogP contribution in [0, 0.1) is 5.41 Å². The quantitative estimate of drug-likeness (QED) is 0.814. The number of pyridine rings is 1. The lowest BCUT2D eigenvalue weighted by Crippen LogP contribution is -2.39. The lowest BCUT2D eigenvalue weighted by atomic mass is 9.95. The van der Waals surface area contributed by atoms with Gasteiger partial charge >= 0.3 is 0 Å². The zero-order chi connectivity index (χ0) is 20.8. The molecule has 2 aliphatic rings. The number of rotatable bonds is 3. The molecule has 4 rings (SSSR count). The fourth-order valence-corrected chi connectivity index (χ4v) is 5.97. The van der Waals surface area contributed by atoms with Gasteiger partial charge in [0.15, 0.2) is 9.84 Å². The van der Waals surface area contributed by atoms with Crippen LogP contribution in [0.5, 0.6) is 0 Å². The van der Waals surface area contributed by atoms with Crippen molar-refractivity contribution < 1.29 is 13.2 Å². The first kappa shape index (κ1) is 19.8. The van der Waals surface area contributed by atoms with Gasteiger partial charge in [0.25, 0.3) is 0 Å². The Morgan fingerprint density at radius 1 is 1.24 bits per heavy atom. The van der Waals surface area contributed by atoms with E-state index in [0.29, 0.717) is 24.6 Å². The zero-order valence-corrected chi connectivity index (χ0v) is 17.6. The average molecular weight is 416 g/mol. The predicted octanol–water partition coefficient (Wildman–Crippen LogP) is 1.75.